The van der Waals surface area contributed by atoms with Crippen LogP contribution in [0.25, 0.3) is 0 Å². The van der Waals surface area contributed by atoms with Crippen molar-refractivity contribution in [3.8, 4) is 0 Å². The molecular formula is C12H20N4O. The lowest BCUT2D eigenvalue weighted by Crippen LogP contribution is -2.40. The Bertz CT molecular complexity index is 413. The number of hydrogen-bond donors (Lipinski definition) is 2. The summed E-state index contributed by atoms with van der Waals surface area (Å²) in [5.74, 6) is -0.0170. The minimum absolute atomic E-state index is 0.000674. The lowest BCUT2D eigenvalue weighted by Gasteiger charge is -2.27. The number of hydrogen-bond acceptors (Lipinski definition) is 3. The van der Waals surface area contributed by atoms with E-state index in [2.05, 4.69) is 10.4 Å². The van der Waals surface area contributed by atoms with Crippen molar-refractivity contribution >= 4 is 11.6 Å². The Morgan fingerprint density at radius 3 is 2.82 bits per heavy atom. The maximum absolute atomic E-state index is 12.1. The number of nitrogens with two attached hydrogens (primary N) is 1. The van der Waals surface area contributed by atoms with Crippen molar-refractivity contribution in [3.63, 3.8) is 0 Å². The van der Waals surface area contributed by atoms with Gasteiger partial charge in [-0.05, 0) is 19.8 Å². The Balaban J connectivity index is 2.03. The number of nitrogens with one attached hydrogen (secondary N) is 1. The van der Waals surface area contributed by atoms with Crippen molar-refractivity contribution in [1.29, 1.82) is 0 Å². The van der Waals surface area contributed by atoms with E-state index in [-0.39, 0.29) is 17.9 Å². The zero-order chi connectivity index (χ0) is 12.4. The van der Waals surface area contributed by atoms with Gasteiger partial charge < -0.3 is 11.1 Å². The van der Waals surface area contributed by atoms with E-state index in [0.29, 0.717) is 0 Å². The van der Waals surface area contributed by atoms with Gasteiger partial charge in [-0.2, -0.15) is 5.10 Å². The summed E-state index contributed by atoms with van der Waals surface area (Å²) in [6, 6.07) is 0.000674. The van der Waals surface area contributed by atoms with Crippen molar-refractivity contribution in [2.75, 3.05) is 5.32 Å². The molecule has 5 nitrogen and oxygen atoms in total. The molecule has 94 valence electrons. The average molecular weight is 236 g/mol. The topological polar surface area (TPSA) is 72.9 Å². The normalized spacial score (nSPS) is 24.6. The number of aromatic nitrogens is 2. The summed E-state index contributed by atoms with van der Waals surface area (Å²) in [4.78, 5) is 12.1. The fourth-order valence-corrected chi connectivity index (χ4v) is 2.43. The van der Waals surface area contributed by atoms with E-state index in [1.54, 1.807) is 4.68 Å². The molecule has 1 aromatic heterocycles. The molecule has 0 aliphatic heterocycles. The maximum Gasteiger partial charge on any atom is 0.229 e. The van der Waals surface area contributed by atoms with Gasteiger partial charge in [0, 0.05) is 19.3 Å². The van der Waals surface area contributed by atoms with Crippen LogP contribution in [0.4, 0.5) is 5.69 Å². The number of rotatable bonds is 2. The molecular weight excluding hydrogens is 216 g/mol. The summed E-state index contributed by atoms with van der Waals surface area (Å²) >= 11 is 0. The molecule has 0 spiro atoms. The van der Waals surface area contributed by atoms with Crippen LogP contribution in [0.2, 0.25) is 0 Å². The number of anilines is 1. The van der Waals surface area contributed by atoms with Gasteiger partial charge in [0.15, 0.2) is 0 Å². The largest absolute Gasteiger partial charge is 0.327 e. The molecule has 1 aliphatic carbocycles. The van der Waals surface area contributed by atoms with Gasteiger partial charge in [-0.25, -0.2) is 0 Å². The van der Waals surface area contributed by atoms with Crippen LogP contribution in [0.3, 0.4) is 0 Å². The van der Waals surface area contributed by atoms with E-state index in [9.17, 15) is 4.79 Å². The highest BCUT2D eigenvalue weighted by atomic mass is 16.1. The first kappa shape index (κ1) is 12.1. The predicted molar refractivity (Wildman–Crippen MR) is 66.5 cm³/mol. The van der Waals surface area contributed by atoms with Crippen LogP contribution in [0.1, 0.15) is 31.4 Å². The summed E-state index contributed by atoms with van der Waals surface area (Å²) in [5.41, 5.74) is 7.62. The highest BCUT2D eigenvalue weighted by molar-refractivity contribution is 5.93. The lowest BCUT2D eigenvalue weighted by molar-refractivity contribution is -0.121. The van der Waals surface area contributed by atoms with Crippen LogP contribution in [-0.4, -0.2) is 21.7 Å². The van der Waals surface area contributed by atoms with Crippen molar-refractivity contribution in [2.45, 2.75) is 38.6 Å². The van der Waals surface area contributed by atoms with Crippen molar-refractivity contribution in [2.24, 2.45) is 18.7 Å². The summed E-state index contributed by atoms with van der Waals surface area (Å²) < 4.78 is 1.70. The molecule has 3 N–H and O–H groups in total. The van der Waals surface area contributed by atoms with Crippen molar-refractivity contribution in [1.82, 2.24) is 9.78 Å². The zero-order valence-corrected chi connectivity index (χ0v) is 10.4. The van der Waals surface area contributed by atoms with Crippen molar-refractivity contribution < 1.29 is 4.79 Å². The first-order valence-corrected chi connectivity index (χ1v) is 6.14. The Morgan fingerprint density at radius 1 is 1.53 bits per heavy atom. The highest BCUT2D eigenvalue weighted by Crippen LogP contribution is 2.24. The Labute approximate surface area is 101 Å². The molecule has 1 saturated carbocycles. The van der Waals surface area contributed by atoms with Gasteiger partial charge in [0.2, 0.25) is 5.91 Å². The number of nitrogens with zero attached hydrogens (tertiary/aromatic N) is 2. The van der Waals surface area contributed by atoms with Crippen LogP contribution in [-0.2, 0) is 11.8 Å². The Morgan fingerprint density at radius 2 is 2.24 bits per heavy atom. The molecule has 1 aliphatic rings. The van der Waals surface area contributed by atoms with Gasteiger partial charge in [0.25, 0.3) is 0 Å². The van der Waals surface area contributed by atoms with Gasteiger partial charge in [-0.15, -0.1) is 0 Å². The second-order valence-electron chi connectivity index (χ2n) is 4.85. The number of aryl methyl sites for hydroxylation is 2. The second kappa shape index (κ2) is 4.87. The molecule has 1 amide bonds. The third-order valence-electron chi connectivity index (χ3n) is 3.43. The third-order valence-corrected chi connectivity index (χ3v) is 3.43. The molecule has 5 heteroatoms. The molecule has 0 aromatic carbocycles. The summed E-state index contributed by atoms with van der Waals surface area (Å²) in [6.45, 7) is 1.89. The molecule has 2 atom stereocenters. The van der Waals surface area contributed by atoms with E-state index in [1.807, 2.05) is 20.2 Å². The van der Waals surface area contributed by atoms with Gasteiger partial charge in [-0.3, -0.25) is 9.48 Å². The second-order valence-corrected chi connectivity index (χ2v) is 4.85. The molecule has 0 bridgehead atoms. The van der Waals surface area contributed by atoms with Crippen LogP contribution in [0, 0.1) is 12.8 Å². The summed E-state index contributed by atoms with van der Waals surface area (Å²) in [5, 5.41) is 7.13. The highest BCUT2D eigenvalue weighted by Gasteiger charge is 2.28. The van der Waals surface area contributed by atoms with E-state index in [4.69, 9.17) is 5.73 Å². The van der Waals surface area contributed by atoms with Crippen LogP contribution < -0.4 is 11.1 Å². The molecule has 17 heavy (non-hydrogen) atoms. The smallest absolute Gasteiger partial charge is 0.229 e. The number of carbonyl (C=O) groups is 1. The van der Waals surface area contributed by atoms with Gasteiger partial charge in [0.1, 0.15) is 0 Å². The van der Waals surface area contributed by atoms with E-state index in [1.165, 1.54) is 0 Å². The number of carbonyl (C=O) groups excluding carboxylic acids is 1. The SMILES string of the molecule is Cc1nn(C)cc1NC(=O)C1CCCCC1N. The minimum atomic E-state index is -0.0524. The molecule has 1 aromatic rings. The standard InChI is InChI=1S/C12H20N4O/c1-8-11(7-16(2)15-8)14-12(17)9-5-3-4-6-10(9)13/h7,9-10H,3-6,13H2,1-2H3,(H,14,17). The fraction of sp³-hybridized carbons (Fsp3) is 0.667. The summed E-state index contributed by atoms with van der Waals surface area (Å²) in [6.07, 6.45) is 5.90. The van der Waals surface area contributed by atoms with E-state index < -0.39 is 0 Å². The number of amides is 1. The maximum atomic E-state index is 12.1. The first-order chi connectivity index (χ1) is 8.08. The van der Waals surface area contributed by atoms with Crippen LogP contribution in [0.15, 0.2) is 6.20 Å². The Kier molecular flexibility index (Phi) is 3.47. The van der Waals surface area contributed by atoms with Crippen molar-refractivity contribution in [3.05, 3.63) is 11.9 Å². The molecule has 0 saturated heterocycles. The fourth-order valence-electron chi connectivity index (χ4n) is 2.43. The molecule has 0 radical (unpaired) electrons. The van der Waals surface area contributed by atoms with Gasteiger partial charge in [0.05, 0.1) is 17.3 Å². The van der Waals surface area contributed by atoms with Gasteiger partial charge >= 0.3 is 0 Å². The van der Waals surface area contributed by atoms with Crippen LogP contribution >= 0.6 is 0 Å². The minimum Gasteiger partial charge on any atom is -0.327 e. The monoisotopic (exact) mass is 236 g/mol. The third kappa shape index (κ3) is 2.66. The average Bonchev–Trinajstić information content (AvgIpc) is 2.58. The first-order valence-electron chi connectivity index (χ1n) is 6.14. The lowest BCUT2D eigenvalue weighted by atomic mass is 9.84. The summed E-state index contributed by atoms with van der Waals surface area (Å²) in [7, 11) is 1.84. The van der Waals surface area contributed by atoms with E-state index >= 15 is 0 Å². The van der Waals surface area contributed by atoms with Crippen LogP contribution in [0.5, 0.6) is 0 Å². The molecule has 2 unspecified atom stereocenters. The molecule has 2 rings (SSSR count). The quantitative estimate of drug-likeness (QED) is 0.810. The molecule has 1 heterocycles. The predicted octanol–water partition coefficient (Wildman–Crippen LogP) is 1.18. The van der Waals surface area contributed by atoms with E-state index in [0.717, 1.165) is 37.1 Å². The Hall–Kier alpha value is -1.36. The van der Waals surface area contributed by atoms with Gasteiger partial charge in [-0.1, -0.05) is 12.8 Å². The zero-order valence-electron chi connectivity index (χ0n) is 10.4. The molecule has 1 fully saturated rings.